The Kier molecular flexibility index (Phi) is 6.65. The number of rotatable bonds is 5. The molecule has 0 spiro atoms. The lowest BCUT2D eigenvalue weighted by Gasteiger charge is -2.35. The highest BCUT2D eigenvalue weighted by molar-refractivity contribution is 6.30. The van der Waals surface area contributed by atoms with Gasteiger partial charge in [0.2, 0.25) is 0 Å². The van der Waals surface area contributed by atoms with Crippen molar-refractivity contribution in [1.29, 1.82) is 0 Å². The summed E-state index contributed by atoms with van der Waals surface area (Å²) in [5, 5.41) is 0.821. The van der Waals surface area contributed by atoms with Crippen molar-refractivity contribution in [2.45, 2.75) is 27.3 Å². The SMILES string of the molecule is CC[N+](CC)(CC)Cc1ccc(Cl)cc1.[OH-]. The standard InChI is InChI=1S/C13H21ClN.H2O/c1-4-15(5-2,6-3)11-12-7-9-13(14)10-8-12;/h7-10H,4-6,11H2,1-3H3;1H2/q+1;/p-1. The van der Waals surface area contributed by atoms with E-state index < -0.39 is 0 Å². The van der Waals surface area contributed by atoms with Crippen LogP contribution in [-0.2, 0) is 6.54 Å². The molecule has 3 heteroatoms. The van der Waals surface area contributed by atoms with E-state index in [0.717, 1.165) is 16.1 Å². The van der Waals surface area contributed by atoms with E-state index in [9.17, 15) is 0 Å². The molecule has 1 rings (SSSR count). The van der Waals surface area contributed by atoms with Crippen LogP contribution in [0.15, 0.2) is 24.3 Å². The lowest BCUT2D eigenvalue weighted by molar-refractivity contribution is -0.936. The number of nitrogens with zero attached hydrogens (tertiary/aromatic N) is 1. The minimum absolute atomic E-state index is 0. The fourth-order valence-corrected chi connectivity index (χ4v) is 2.11. The summed E-state index contributed by atoms with van der Waals surface area (Å²) in [4.78, 5) is 0. The molecule has 16 heavy (non-hydrogen) atoms. The van der Waals surface area contributed by atoms with Crippen LogP contribution in [0.3, 0.4) is 0 Å². The molecule has 1 aromatic rings. The zero-order chi connectivity index (χ0) is 11.3. The van der Waals surface area contributed by atoms with Gasteiger partial charge in [0, 0.05) is 10.6 Å². The molecule has 0 amide bonds. The smallest absolute Gasteiger partial charge is 0.104 e. The molecule has 2 nitrogen and oxygen atoms in total. The van der Waals surface area contributed by atoms with Crippen LogP contribution >= 0.6 is 11.6 Å². The molecular weight excluding hydrogens is 222 g/mol. The third kappa shape index (κ3) is 3.78. The maximum atomic E-state index is 5.88. The zero-order valence-electron chi connectivity index (χ0n) is 10.4. The largest absolute Gasteiger partial charge is 0.870 e. The summed E-state index contributed by atoms with van der Waals surface area (Å²) >= 11 is 5.88. The third-order valence-corrected chi connectivity index (χ3v) is 3.70. The second-order valence-electron chi connectivity index (χ2n) is 4.07. The highest BCUT2D eigenvalue weighted by Gasteiger charge is 2.20. The molecule has 0 atom stereocenters. The van der Waals surface area contributed by atoms with Crippen molar-refractivity contribution in [3.8, 4) is 0 Å². The van der Waals surface area contributed by atoms with Crippen LogP contribution in [0, 0.1) is 0 Å². The predicted octanol–water partition coefficient (Wildman–Crippen LogP) is 3.54. The van der Waals surface area contributed by atoms with E-state index in [1.807, 2.05) is 12.1 Å². The van der Waals surface area contributed by atoms with Crippen molar-refractivity contribution in [3.05, 3.63) is 34.9 Å². The molecule has 0 saturated heterocycles. The maximum absolute atomic E-state index is 5.88. The molecule has 1 aromatic carbocycles. The highest BCUT2D eigenvalue weighted by Crippen LogP contribution is 2.16. The summed E-state index contributed by atoms with van der Waals surface area (Å²) in [7, 11) is 0. The summed E-state index contributed by atoms with van der Waals surface area (Å²) < 4.78 is 1.15. The monoisotopic (exact) mass is 243 g/mol. The molecule has 1 N–H and O–H groups in total. The first kappa shape index (κ1) is 15.4. The van der Waals surface area contributed by atoms with Crippen LogP contribution in [0.25, 0.3) is 0 Å². The van der Waals surface area contributed by atoms with Gasteiger partial charge in [0.05, 0.1) is 19.6 Å². The van der Waals surface area contributed by atoms with Crippen molar-refractivity contribution < 1.29 is 9.96 Å². The Hall–Kier alpha value is -0.570. The Bertz CT molecular complexity index is 285. The van der Waals surface area contributed by atoms with Gasteiger partial charge in [-0.1, -0.05) is 23.7 Å². The molecule has 0 aliphatic rings. The Morgan fingerprint density at radius 3 is 1.75 bits per heavy atom. The molecule has 0 bridgehead atoms. The number of quaternary nitrogens is 1. The van der Waals surface area contributed by atoms with Gasteiger partial charge in [-0.3, -0.25) is 0 Å². The zero-order valence-corrected chi connectivity index (χ0v) is 11.2. The Labute approximate surface area is 104 Å². The Morgan fingerprint density at radius 1 is 0.938 bits per heavy atom. The first-order valence-corrected chi connectivity index (χ1v) is 6.13. The van der Waals surface area contributed by atoms with Gasteiger partial charge in [0.15, 0.2) is 0 Å². The molecule has 0 heterocycles. The fraction of sp³-hybridized carbons (Fsp3) is 0.538. The quantitative estimate of drug-likeness (QED) is 0.728. The van der Waals surface area contributed by atoms with Crippen LogP contribution in [0.4, 0.5) is 0 Å². The number of hydrogen-bond acceptors (Lipinski definition) is 1. The third-order valence-electron chi connectivity index (χ3n) is 3.44. The first-order valence-electron chi connectivity index (χ1n) is 5.75. The van der Waals surface area contributed by atoms with Crippen LogP contribution in [0.1, 0.15) is 26.3 Å². The van der Waals surface area contributed by atoms with Gasteiger partial charge in [-0.25, -0.2) is 0 Å². The van der Waals surface area contributed by atoms with Crippen LogP contribution < -0.4 is 0 Å². The molecular formula is C13H22ClNO. The number of halogens is 1. The first-order chi connectivity index (χ1) is 7.15. The van der Waals surface area contributed by atoms with Gasteiger partial charge in [-0.05, 0) is 32.9 Å². The lowest BCUT2D eigenvalue weighted by Crippen LogP contribution is -2.46. The van der Waals surface area contributed by atoms with E-state index in [1.165, 1.54) is 25.2 Å². The molecule has 0 radical (unpaired) electrons. The van der Waals surface area contributed by atoms with Gasteiger partial charge >= 0.3 is 0 Å². The molecule has 0 saturated carbocycles. The Balaban J connectivity index is 0.00000225. The minimum atomic E-state index is 0. The van der Waals surface area contributed by atoms with E-state index in [4.69, 9.17) is 11.6 Å². The lowest BCUT2D eigenvalue weighted by atomic mass is 10.2. The van der Waals surface area contributed by atoms with Crippen molar-refractivity contribution in [3.63, 3.8) is 0 Å². The topological polar surface area (TPSA) is 30.0 Å². The minimum Gasteiger partial charge on any atom is -0.870 e. The van der Waals surface area contributed by atoms with Gasteiger partial charge in [0.25, 0.3) is 0 Å². The van der Waals surface area contributed by atoms with Crippen LogP contribution in [-0.4, -0.2) is 29.6 Å². The molecule has 0 unspecified atom stereocenters. The Morgan fingerprint density at radius 2 is 1.38 bits per heavy atom. The normalized spacial score (nSPS) is 11.0. The number of hydrogen-bond donors (Lipinski definition) is 0. The van der Waals surface area contributed by atoms with Crippen molar-refractivity contribution in [2.24, 2.45) is 0 Å². The summed E-state index contributed by atoms with van der Waals surface area (Å²) in [6, 6.07) is 8.23. The second kappa shape index (κ2) is 6.89. The van der Waals surface area contributed by atoms with Crippen molar-refractivity contribution >= 4 is 11.6 Å². The maximum Gasteiger partial charge on any atom is 0.104 e. The van der Waals surface area contributed by atoms with Crippen LogP contribution in [0.2, 0.25) is 5.02 Å². The van der Waals surface area contributed by atoms with E-state index in [-0.39, 0.29) is 5.48 Å². The molecule has 0 fully saturated rings. The highest BCUT2D eigenvalue weighted by atomic mass is 35.5. The average molecular weight is 244 g/mol. The number of benzene rings is 1. The summed E-state index contributed by atoms with van der Waals surface area (Å²) in [6.45, 7) is 11.5. The second-order valence-corrected chi connectivity index (χ2v) is 4.51. The van der Waals surface area contributed by atoms with E-state index >= 15 is 0 Å². The van der Waals surface area contributed by atoms with Crippen molar-refractivity contribution in [1.82, 2.24) is 0 Å². The summed E-state index contributed by atoms with van der Waals surface area (Å²) in [6.07, 6.45) is 0. The van der Waals surface area contributed by atoms with Gasteiger partial charge in [-0.2, -0.15) is 0 Å². The van der Waals surface area contributed by atoms with Gasteiger partial charge in [-0.15, -0.1) is 0 Å². The van der Waals surface area contributed by atoms with Gasteiger partial charge in [0.1, 0.15) is 6.54 Å². The molecule has 92 valence electrons. The van der Waals surface area contributed by atoms with Crippen molar-refractivity contribution in [2.75, 3.05) is 19.6 Å². The average Bonchev–Trinajstić information content (AvgIpc) is 2.29. The fourth-order valence-electron chi connectivity index (χ4n) is 1.98. The van der Waals surface area contributed by atoms with E-state index in [0.29, 0.717) is 0 Å². The molecule has 0 aromatic heterocycles. The predicted molar refractivity (Wildman–Crippen MR) is 69.0 cm³/mol. The molecule has 0 aliphatic heterocycles. The summed E-state index contributed by atoms with van der Waals surface area (Å²) in [5.41, 5.74) is 1.38. The van der Waals surface area contributed by atoms with E-state index in [1.54, 1.807) is 0 Å². The van der Waals surface area contributed by atoms with Crippen LogP contribution in [0.5, 0.6) is 0 Å². The molecule has 0 aliphatic carbocycles. The summed E-state index contributed by atoms with van der Waals surface area (Å²) in [5.74, 6) is 0. The van der Waals surface area contributed by atoms with E-state index in [2.05, 4.69) is 32.9 Å². The van der Waals surface area contributed by atoms with Gasteiger partial charge < -0.3 is 9.96 Å².